The van der Waals surface area contributed by atoms with Gasteiger partial charge in [0.25, 0.3) is 0 Å². The van der Waals surface area contributed by atoms with Crippen LogP contribution in [0, 0.1) is 0 Å². The fourth-order valence-electron chi connectivity index (χ4n) is 1.04. The average Bonchev–Trinajstić information content (AvgIpc) is 2.15. The highest BCUT2D eigenvalue weighted by atomic mass is 32.1. The van der Waals surface area contributed by atoms with Crippen molar-refractivity contribution < 1.29 is 14.7 Å². The molecule has 0 aliphatic carbocycles. The van der Waals surface area contributed by atoms with Crippen molar-refractivity contribution in [3.63, 3.8) is 0 Å². The number of aliphatic carboxylic acids is 1. The fourth-order valence-corrected chi connectivity index (χ4v) is 1.24. The number of thiol groups is 1. The zero-order valence-corrected chi connectivity index (χ0v) is 9.00. The number of hydrogen-bond donors (Lipinski definition) is 3. The first-order valence-electron chi connectivity index (χ1n) is 4.69. The van der Waals surface area contributed by atoms with E-state index in [0.717, 1.165) is 6.42 Å². The molecular formula is C9H17NO3S. The van der Waals surface area contributed by atoms with Crippen LogP contribution in [0.3, 0.4) is 0 Å². The molecule has 0 rings (SSSR count). The lowest BCUT2D eigenvalue weighted by Gasteiger charge is -2.05. The van der Waals surface area contributed by atoms with Crippen LogP contribution in [0.25, 0.3) is 0 Å². The first kappa shape index (κ1) is 13.4. The summed E-state index contributed by atoms with van der Waals surface area (Å²) in [6, 6.07) is -0.474. The summed E-state index contributed by atoms with van der Waals surface area (Å²) in [7, 11) is 0. The maximum absolute atomic E-state index is 11.2. The van der Waals surface area contributed by atoms with Gasteiger partial charge in [-0.3, -0.25) is 9.59 Å². The smallest absolute Gasteiger partial charge is 0.303 e. The van der Waals surface area contributed by atoms with Gasteiger partial charge in [-0.15, -0.1) is 0 Å². The minimum absolute atomic E-state index is 0.00956. The molecule has 82 valence electrons. The summed E-state index contributed by atoms with van der Waals surface area (Å²) in [4.78, 5) is 21.3. The summed E-state index contributed by atoms with van der Waals surface area (Å²) < 4.78 is 0. The Labute approximate surface area is 89.3 Å². The minimum atomic E-state index is -0.789. The molecule has 3 N–H and O–H groups in total. The molecule has 0 heterocycles. The standard InChI is InChI=1S/C9H17NO3S/c10-7(6-14)8(11)4-2-1-3-5-9(12)13/h7,14H,1-6,10H2,(H,12,13)/t7-/m0/s1. The van der Waals surface area contributed by atoms with Crippen LogP contribution in [0.1, 0.15) is 32.1 Å². The molecule has 5 heteroatoms. The fraction of sp³-hybridized carbons (Fsp3) is 0.778. The van der Waals surface area contributed by atoms with E-state index in [1.54, 1.807) is 0 Å². The zero-order valence-electron chi connectivity index (χ0n) is 8.11. The van der Waals surface area contributed by atoms with Gasteiger partial charge in [0, 0.05) is 18.6 Å². The molecule has 0 aromatic carbocycles. The molecule has 0 aromatic rings. The van der Waals surface area contributed by atoms with E-state index in [9.17, 15) is 9.59 Å². The van der Waals surface area contributed by atoms with Gasteiger partial charge < -0.3 is 10.8 Å². The molecule has 0 spiro atoms. The Kier molecular flexibility index (Phi) is 7.51. The first-order chi connectivity index (χ1) is 6.57. The minimum Gasteiger partial charge on any atom is -0.481 e. The molecule has 14 heavy (non-hydrogen) atoms. The molecule has 0 bridgehead atoms. The highest BCUT2D eigenvalue weighted by Crippen LogP contribution is 2.05. The molecule has 0 aliphatic heterocycles. The Hall–Kier alpha value is -0.550. The zero-order chi connectivity index (χ0) is 11.0. The van der Waals surface area contributed by atoms with Crippen LogP contribution in [0.4, 0.5) is 0 Å². The SMILES string of the molecule is N[C@@H](CS)C(=O)CCCCCC(=O)O. The van der Waals surface area contributed by atoms with Gasteiger partial charge in [-0.05, 0) is 12.8 Å². The highest BCUT2D eigenvalue weighted by Gasteiger charge is 2.10. The predicted octanol–water partition coefficient (Wildman–Crippen LogP) is 0.848. The second kappa shape index (κ2) is 7.82. The second-order valence-electron chi connectivity index (χ2n) is 3.21. The van der Waals surface area contributed by atoms with E-state index in [1.807, 2.05) is 0 Å². The lowest BCUT2D eigenvalue weighted by Crippen LogP contribution is -2.31. The van der Waals surface area contributed by atoms with Crippen molar-refractivity contribution in [3.05, 3.63) is 0 Å². The number of carboxylic acid groups (broad SMARTS) is 1. The van der Waals surface area contributed by atoms with Crippen LogP contribution in [-0.2, 0) is 9.59 Å². The van der Waals surface area contributed by atoms with Crippen molar-refractivity contribution >= 4 is 24.4 Å². The second-order valence-corrected chi connectivity index (χ2v) is 3.57. The summed E-state index contributed by atoms with van der Waals surface area (Å²) in [6.45, 7) is 0. The third-order valence-corrected chi connectivity index (χ3v) is 2.32. The van der Waals surface area contributed by atoms with E-state index in [4.69, 9.17) is 10.8 Å². The quantitative estimate of drug-likeness (QED) is 0.417. The number of Topliss-reactive ketones (excluding diaryl/α,β-unsaturated/α-hetero) is 1. The number of ketones is 1. The predicted molar refractivity (Wildman–Crippen MR) is 57.6 cm³/mol. The van der Waals surface area contributed by atoms with Crippen molar-refractivity contribution in [2.75, 3.05) is 5.75 Å². The lowest BCUT2D eigenvalue weighted by atomic mass is 10.1. The van der Waals surface area contributed by atoms with E-state index in [1.165, 1.54) is 0 Å². The van der Waals surface area contributed by atoms with Crippen molar-refractivity contribution in [1.82, 2.24) is 0 Å². The van der Waals surface area contributed by atoms with Crippen LogP contribution in [0.5, 0.6) is 0 Å². The Morgan fingerprint density at radius 2 is 1.79 bits per heavy atom. The largest absolute Gasteiger partial charge is 0.481 e. The van der Waals surface area contributed by atoms with Gasteiger partial charge in [0.1, 0.15) is 5.78 Å². The van der Waals surface area contributed by atoms with Crippen LogP contribution >= 0.6 is 12.6 Å². The molecule has 0 aromatic heterocycles. The van der Waals surface area contributed by atoms with Crippen molar-refractivity contribution in [3.8, 4) is 0 Å². The maximum Gasteiger partial charge on any atom is 0.303 e. The number of carbonyl (C=O) groups is 2. The van der Waals surface area contributed by atoms with Gasteiger partial charge in [0.15, 0.2) is 0 Å². The van der Waals surface area contributed by atoms with Gasteiger partial charge in [0.05, 0.1) is 6.04 Å². The summed E-state index contributed by atoms with van der Waals surface area (Å²) >= 11 is 3.92. The molecule has 1 atom stereocenters. The van der Waals surface area contributed by atoms with E-state index in [2.05, 4.69) is 12.6 Å². The number of rotatable bonds is 8. The molecule has 0 unspecified atom stereocenters. The van der Waals surface area contributed by atoms with Crippen LogP contribution in [-0.4, -0.2) is 28.7 Å². The van der Waals surface area contributed by atoms with Crippen LogP contribution in [0.2, 0.25) is 0 Å². The molecule has 0 radical (unpaired) electrons. The van der Waals surface area contributed by atoms with E-state index < -0.39 is 12.0 Å². The Bertz CT molecular complexity index is 196. The Balaban J connectivity index is 3.36. The lowest BCUT2D eigenvalue weighted by molar-refractivity contribution is -0.137. The van der Waals surface area contributed by atoms with Gasteiger partial charge in [-0.2, -0.15) is 12.6 Å². The number of carbonyl (C=O) groups excluding carboxylic acids is 1. The molecule has 4 nitrogen and oxygen atoms in total. The monoisotopic (exact) mass is 219 g/mol. The summed E-state index contributed by atoms with van der Waals surface area (Å²) in [6.07, 6.45) is 2.71. The Morgan fingerprint density at radius 1 is 1.21 bits per heavy atom. The average molecular weight is 219 g/mol. The molecule has 0 aliphatic rings. The van der Waals surface area contributed by atoms with Gasteiger partial charge in [0.2, 0.25) is 0 Å². The maximum atomic E-state index is 11.2. The summed E-state index contributed by atoms with van der Waals surface area (Å²) in [5.74, 6) is -0.410. The topological polar surface area (TPSA) is 80.4 Å². The van der Waals surface area contributed by atoms with Crippen LogP contribution < -0.4 is 5.73 Å². The number of carboxylic acids is 1. The van der Waals surface area contributed by atoms with E-state index >= 15 is 0 Å². The molecule has 0 saturated carbocycles. The normalized spacial score (nSPS) is 12.4. The van der Waals surface area contributed by atoms with E-state index in [-0.39, 0.29) is 12.2 Å². The first-order valence-corrected chi connectivity index (χ1v) is 5.32. The van der Waals surface area contributed by atoms with Crippen molar-refractivity contribution in [2.24, 2.45) is 5.73 Å². The van der Waals surface area contributed by atoms with Gasteiger partial charge >= 0.3 is 5.97 Å². The Morgan fingerprint density at radius 3 is 2.29 bits per heavy atom. The number of unbranched alkanes of at least 4 members (excludes halogenated alkanes) is 2. The molecule has 0 saturated heterocycles. The summed E-state index contributed by atoms with van der Waals surface area (Å²) in [5, 5.41) is 8.35. The third kappa shape index (κ3) is 6.91. The van der Waals surface area contributed by atoms with E-state index in [0.29, 0.717) is 25.0 Å². The summed E-state index contributed by atoms with van der Waals surface area (Å²) in [5.41, 5.74) is 5.46. The molecule has 0 fully saturated rings. The van der Waals surface area contributed by atoms with Crippen LogP contribution in [0.15, 0.2) is 0 Å². The van der Waals surface area contributed by atoms with Gasteiger partial charge in [-0.25, -0.2) is 0 Å². The molecule has 0 amide bonds. The highest BCUT2D eigenvalue weighted by molar-refractivity contribution is 7.80. The van der Waals surface area contributed by atoms with Crippen molar-refractivity contribution in [2.45, 2.75) is 38.1 Å². The number of nitrogens with two attached hydrogens (primary N) is 1. The van der Waals surface area contributed by atoms with Gasteiger partial charge in [-0.1, -0.05) is 6.42 Å². The van der Waals surface area contributed by atoms with Crippen molar-refractivity contribution in [1.29, 1.82) is 0 Å². The third-order valence-electron chi connectivity index (χ3n) is 1.92. The molecular weight excluding hydrogens is 202 g/mol. The number of hydrogen-bond acceptors (Lipinski definition) is 4.